The summed E-state index contributed by atoms with van der Waals surface area (Å²) in [5.74, 6) is -0.298. The highest BCUT2D eigenvalue weighted by molar-refractivity contribution is 7.92. The van der Waals surface area contributed by atoms with Crippen LogP contribution in [0.25, 0.3) is 0 Å². The maximum atomic E-state index is 14.5. The van der Waals surface area contributed by atoms with Gasteiger partial charge < -0.3 is 19.1 Å². The molecule has 6 nitrogen and oxygen atoms in total. The number of benzene rings is 3. The van der Waals surface area contributed by atoms with E-state index in [4.69, 9.17) is 16.3 Å². The first-order chi connectivity index (χ1) is 20.7. The molecular formula is C33H33ClF2N2O4S. The van der Waals surface area contributed by atoms with Crippen LogP contribution in [-0.2, 0) is 38.5 Å². The number of ether oxygens (including phenoxy) is 1. The second-order valence-corrected chi connectivity index (χ2v) is 13.7. The van der Waals surface area contributed by atoms with Gasteiger partial charge in [0, 0.05) is 50.0 Å². The Morgan fingerprint density at radius 1 is 1.00 bits per heavy atom. The number of rotatable bonds is 6. The van der Waals surface area contributed by atoms with E-state index in [9.17, 15) is 22.9 Å². The Balaban J connectivity index is 1.30. The lowest BCUT2D eigenvalue weighted by molar-refractivity contribution is -0.141. The molecule has 3 aliphatic rings. The fourth-order valence-corrected chi connectivity index (χ4v) is 9.15. The highest BCUT2D eigenvalue weighted by Gasteiger charge is 2.61. The van der Waals surface area contributed by atoms with Crippen LogP contribution in [0.1, 0.15) is 49.3 Å². The number of halogens is 3. The lowest BCUT2D eigenvalue weighted by Crippen LogP contribution is -2.53. The molecule has 2 fully saturated rings. The number of hydrogen-bond donors (Lipinski definition) is 0. The van der Waals surface area contributed by atoms with Crippen molar-refractivity contribution in [3.05, 3.63) is 94.0 Å². The second-order valence-electron chi connectivity index (χ2n) is 11.6. The number of fused-ring (bicyclic) bond motifs is 3. The molecule has 10 heteroatoms. The molecule has 0 aromatic heterocycles. The Labute approximate surface area is 258 Å². The third kappa shape index (κ3) is 5.63. The van der Waals surface area contributed by atoms with E-state index in [-0.39, 0.29) is 35.4 Å². The molecule has 2 amide bonds. The monoisotopic (exact) mass is 626 g/mol. The minimum Gasteiger partial charge on any atom is -0.611 e. The number of hydrogen-bond acceptors (Lipinski definition) is 4. The number of carbonyl (C=O) groups excluding carboxylic acids is 2. The van der Waals surface area contributed by atoms with E-state index in [2.05, 4.69) is 0 Å². The van der Waals surface area contributed by atoms with Crippen LogP contribution in [0.4, 0.5) is 8.78 Å². The molecule has 226 valence electrons. The van der Waals surface area contributed by atoms with Crippen LogP contribution in [0.5, 0.6) is 5.75 Å². The Hall–Kier alpha value is -3.14. The van der Waals surface area contributed by atoms with Gasteiger partial charge in [-0.2, -0.15) is 0 Å². The van der Waals surface area contributed by atoms with Crippen molar-refractivity contribution < 1.29 is 27.7 Å². The van der Waals surface area contributed by atoms with Gasteiger partial charge in [0.1, 0.15) is 24.0 Å². The van der Waals surface area contributed by atoms with E-state index >= 15 is 0 Å². The molecule has 2 heterocycles. The molecule has 6 rings (SSSR count). The lowest BCUT2D eigenvalue weighted by atomic mass is 9.78. The van der Waals surface area contributed by atoms with Gasteiger partial charge in [0.25, 0.3) is 0 Å². The van der Waals surface area contributed by atoms with E-state index in [0.29, 0.717) is 67.9 Å². The van der Waals surface area contributed by atoms with Gasteiger partial charge in [0.05, 0.1) is 11.1 Å². The van der Waals surface area contributed by atoms with Crippen molar-refractivity contribution in [2.24, 2.45) is 5.92 Å². The fourth-order valence-electron chi connectivity index (χ4n) is 6.96. The third-order valence-corrected chi connectivity index (χ3v) is 11.6. The molecule has 0 N–H and O–H groups in total. The number of carbonyl (C=O) groups is 2. The summed E-state index contributed by atoms with van der Waals surface area (Å²) in [4.78, 5) is 30.0. The van der Waals surface area contributed by atoms with Gasteiger partial charge in [0.15, 0.2) is 9.64 Å². The molecule has 2 aliphatic heterocycles. The van der Waals surface area contributed by atoms with Gasteiger partial charge in [0.2, 0.25) is 11.8 Å². The highest BCUT2D eigenvalue weighted by Crippen LogP contribution is 2.53. The van der Waals surface area contributed by atoms with Crippen LogP contribution in [0.15, 0.2) is 65.6 Å². The number of amides is 2. The Morgan fingerprint density at radius 3 is 2.42 bits per heavy atom. The normalized spacial score (nSPS) is 22.6. The zero-order chi connectivity index (χ0) is 30.3. The van der Waals surface area contributed by atoms with Gasteiger partial charge in [-0.3, -0.25) is 9.59 Å². The van der Waals surface area contributed by atoms with Crippen LogP contribution < -0.4 is 4.74 Å². The molecule has 1 unspecified atom stereocenters. The SMILES string of the molecule is CC(=O)N1CCC(C(=O)N2CC[C@@]3([S+]([O-])c4ccc(F)cc4)c4ccc(OCc5ccc(F)cc5Cl)cc4CC[C@@H]23)CC1. The molecule has 0 saturated carbocycles. The zero-order valence-electron chi connectivity index (χ0n) is 23.9. The number of likely N-dealkylation sites (tertiary alicyclic amines) is 2. The summed E-state index contributed by atoms with van der Waals surface area (Å²) in [5, 5.41) is 0.289. The zero-order valence-corrected chi connectivity index (χ0v) is 25.4. The topological polar surface area (TPSA) is 72.9 Å². The largest absolute Gasteiger partial charge is 0.611 e. The van der Waals surface area contributed by atoms with Crippen LogP contribution in [0.2, 0.25) is 5.02 Å². The first-order valence-electron chi connectivity index (χ1n) is 14.6. The average molecular weight is 627 g/mol. The molecule has 0 bridgehead atoms. The molecule has 0 spiro atoms. The maximum Gasteiger partial charge on any atom is 0.226 e. The minimum absolute atomic E-state index is 0.0220. The molecule has 43 heavy (non-hydrogen) atoms. The summed E-state index contributed by atoms with van der Waals surface area (Å²) in [7, 11) is 0. The van der Waals surface area contributed by atoms with E-state index in [1.165, 1.54) is 24.3 Å². The van der Waals surface area contributed by atoms with Gasteiger partial charge in [-0.1, -0.05) is 17.7 Å². The third-order valence-electron chi connectivity index (χ3n) is 9.20. The van der Waals surface area contributed by atoms with Crippen LogP contribution >= 0.6 is 11.6 Å². The van der Waals surface area contributed by atoms with Gasteiger partial charge in [-0.05, 0) is 97.0 Å². The first kappa shape index (κ1) is 29.9. The van der Waals surface area contributed by atoms with Gasteiger partial charge >= 0.3 is 0 Å². The van der Waals surface area contributed by atoms with Crippen molar-refractivity contribution >= 4 is 34.6 Å². The average Bonchev–Trinajstić information content (AvgIpc) is 3.41. The highest BCUT2D eigenvalue weighted by atomic mass is 35.5. The summed E-state index contributed by atoms with van der Waals surface area (Å²) < 4.78 is 47.0. The molecular weight excluding hydrogens is 594 g/mol. The predicted molar refractivity (Wildman–Crippen MR) is 160 cm³/mol. The van der Waals surface area contributed by atoms with E-state index in [1.807, 2.05) is 23.1 Å². The summed E-state index contributed by atoms with van der Waals surface area (Å²) in [6.07, 6.45) is 3.04. The fraction of sp³-hybridized carbons (Fsp3) is 0.394. The van der Waals surface area contributed by atoms with Gasteiger partial charge in [-0.25, -0.2) is 8.78 Å². The van der Waals surface area contributed by atoms with E-state index in [1.54, 1.807) is 30.0 Å². The standard InChI is InChI=1S/C33H33ClF2N2O4S/c1-21(39)37-15-12-22(13-16-37)32(40)38-17-14-33(43(41)28-8-5-25(35)6-9-28)29-10-7-27(18-23(29)3-11-31(33)38)42-20-24-2-4-26(36)19-30(24)34/h2,4-10,18-19,22,31H,3,11-17,20H2,1H3/t31-,33-,43?/m1/s1. The molecule has 3 aromatic carbocycles. The molecule has 0 radical (unpaired) electrons. The first-order valence-corrected chi connectivity index (χ1v) is 16.1. The molecule has 2 saturated heterocycles. The summed E-state index contributed by atoms with van der Waals surface area (Å²) in [5.41, 5.74) is 2.58. The Kier molecular flexibility index (Phi) is 8.41. The van der Waals surface area contributed by atoms with Crippen molar-refractivity contribution in [1.29, 1.82) is 0 Å². The van der Waals surface area contributed by atoms with E-state index < -0.39 is 27.6 Å². The maximum absolute atomic E-state index is 14.5. The van der Waals surface area contributed by atoms with Crippen LogP contribution in [0.3, 0.4) is 0 Å². The summed E-state index contributed by atoms with van der Waals surface area (Å²) in [6.45, 7) is 3.31. The predicted octanol–water partition coefficient (Wildman–Crippen LogP) is 6.01. The molecule has 3 atom stereocenters. The van der Waals surface area contributed by atoms with Crippen molar-refractivity contribution in [3.8, 4) is 5.75 Å². The number of nitrogens with zero attached hydrogens (tertiary/aromatic N) is 2. The molecule has 3 aromatic rings. The van der Waals surface area contributed by atoms with Crippen molar-refractivity contribution in [2.75, 3.05) is 19.6 Å². The summed E-state index contributed by atoms with van der Waals surface area (Å²) >= 11 is 4.61. The van der Waals surface area contributed by atoms with Crippen LogP contribution in [-0.4, -0.2) is 51.8 Å². The smallest absolute Gasteiger partial charge is 0.226 e. The van der Waals surface area contributed by atoms with Crippen molar-refractivity contribution in [1.82, 2.24) is 9.80 Å². The molecule has 1 aliphatic carbocycles. The van der Waals surface area contributed by atoms with E-state index in [0.717, 1.165) is 11.1 Å². The minimum atomic E-state index is -1.57. The lowest BCUT2D eigenvalue weighted by Gasteiger charge is -2.44. The Bertz CT molecular complexity index is 1530. The quantitative estimate of drug-likeness (QED) is 0.315. The number of aryl methyl sites for hydroxylation is 1. The van der Waals surface area contributed by atoms with Crippen molar-refractivity contribution in [3.63, 3.8) is 0 Å². The second kappa shape index (κ2) is 12.1. The summed E-state index contributed by atoms with van der Waals surface area (Å²) in [6, 6.07) is 15.4. The number of piperidine rings is 1. The van der Waals surface area contributed by atoms with Gasteiger partial charge in [-0.15, -0.1) is 0 Å². The Morgan fingerprint density at radius 2 is 1.72 bits per heavy atom. The van der Waals surface area contributed by atoms with Crippen molar-refractivity contribution in [2.45, 2.75) is 61.3 Å². The van der Waals surface area contributed by atoms with Crippen LogP contribution in [0, 0.1) is 17.6 Å².